The van der Waals surface area contributed by atoms with Crippen LogP contribution in [-0.2, 0) is 0 Å². The van der Waals surface area contributed by atoms with Crippen LogP contribution < -0.4 is 5.32 Å². The smallest absolute Gasteiger partial charge is 0.138 e. The molecule has 5 heteroatoms. The molecule has 1 saturated carbocycles. The molecule has 0 aromatic carbocycles. The Labute approximate surface area is 116 Å². The molecule has 0 spiro atoms. The first kappa shape index (κ1) is 12.2. The molecule has 0 aliphatic heterocycles. The van der Waals surface area contributed by atoms with Crippen molar-refractivity contribution >= 4 is 39.0 Å². The zero-order valence-electron chi connectivity index (χ0n) is 10.4. The Morgan fingerprint density at radius 2 is 2.17 bits per heavy atom. The first-order valence-electron chi connectivity index (χ1n) is 6.28. The molecule has 96 valence electrons. The summed E-state index contributed by atoms with van der Waals surface area (Å²) in [6.07, 6.45) is 6.39. The van der Waals surface area contributed by atoms with Gasteiger partial charge in [-0.3, -0.25) is 0 Å². The SMILES string of the molecule is Cc1cc2c(NC3(CCl)CCCC3)ncnc2s1. The molecule has 3 rings (SSSR count). The molecular formula is C13H16ClN3S. The Balaban J connectivity index is 1.99. The van der Waals surface area contributed by atoms with E-state index >= 15 is 0 Å². The largest absolute Gasteiger partial charge is 0.363 e. The van der Waals surface area contributed by atoms with Crippen molar-refractivity contribution in [2.75, 3.05) is 11.2 Å². The molecule has 0 amide bonds. The second kappa shape index (κ2) is 4.67. The number of hydrogen-bond donors (Lipinski definition) is 1. The minimum atomic E-state index is 0.0265. The third-order valence-corrected chi connectivity index (χ3v) is 5.12. The van der Waals surface area contributed by atoms with E-state index in [9.17, 15) is 0 Å². The van der Waals surface area contributed by atoms with Crippen LogP contribution >= 0.6 is 22.9 Å². The number of anilines is 1. The number of thiophene rings is 1. The van der Waals surface area contributed by atoms with E-state index in [1.165, 1.54) is 17.7 Å². The van der Waals surface area contributed by atoms with Gasteiger partial charge in [0.1, 0.15) is 17.0 Å². The van der Waals surface area contributed by atoms with Crippen LogP contribution in [0.1, 0.15) is 30.6 Å². The Morgan fingerprint density at radius 1 is 1.39 bits per heavy atom. The molecule has 0 atom stereocenters. The molecule has 2 aromatic rings. The summed E-state index contributed by atoms with van der Waals surface area (Å²) in [7, 11) is 0. The van der Waals surface area contributed by atoms with Crippen LogP contribution in [0.3, 0.4) is 0 Å². The van der Waals surface area contributed by atoms with Gasteiger partial charge < -0.3 is 5.32 Å². The predicted molar refractivity (Wildman–Crippen MR) is 77.7 cm³/mol. The normalized spacial score (nSPS) is 18.3. The number of nitrogens with zero attached hydrogens (tertiary/aromatic N) is 2. The number of aryl methyl sites for hydroxylation is 1. The van der Waals surface area contributed by atoms with Crippen molar-refractivity contribution < 1.29 is 0 Å². The molecule has 1 aliphatic carbocycles. The third-order valence-electron chi connectivity index (χ3n) is 3.65. The maximum Gasteiger partial charge on any atom is 0.138 e. The molecular weight excluding hydrogens is 266 g/mol. The zero-order valence-corrected chi connectivity index (χ0v) is 11.9. The van der Waals surface area contributed by atoms with Gasteiger partial charge in [-0.2, -0.15) is 0 Å². The van der Waals surface area contributed by atoms with Crippen LogP contribution in [0.15, 0.2) is 12.4 Å². The van der Waals surface area contributed by atoms with E-state index in [2.05, 4.69) is 28.3 Å². The second-order valence-corrected chi connectivity index (χ2v) is 6.55. The van der Waals surface area contributed by atoms with Crippen molar-refractivity contribution in [1.29, 1.82) is 0 Å². The molecule has 0 radical (unpaired) electrons. The molecule has 2 aromatic heterocycles. The summed E-state index contributed by atoms with van der Waals surface area (Å²) in [5, 5.41) is 4.71. The summed E-state index contributed by atoms with van der Waals surface area (Å²) in [4.78, 5) is 11.0. The van der Waals surface area contributed by atoms with E-state index in [-0.39, 0.29) is 5.54 Å². The van der Waals surface area contributed by atoms with E-state index in [4.69, 9.17) is 11.6 Å². The fourth-order valence-corrected chi connectivity index (χ4v) is 3.85. The van der Waals surface area contributed by atoms with Crippen LogP contribution in [0.2, 0.25) is 0 Å². The highest BCUT2D eigenvalue weighted by atomic mass is 35.5. The lowest BCUT2D eigenvalue weighted by Crippen LogP contribution is -2.37. The molecule has 1 N–H and O–H groups in total. The van der Waals surface area contributed by atoms with Crippen molar-refractivity contribution in [2.24, 2.45) is 0 Å². The van der Waals surface area contributed by atoms with Gasteiger partial charge in [0.05, 0.1) is 10.9 Å². The molecule has 3 nitrogen and oxygen atoms in total. The van der Waals surface area contributed by atoms with Crippen molar-refractivity contribution in [3.63, 3.8) is 0 Å². The highest BCUT2D eigenvalue weighted by Gasteiger charge is 2.33. The van der Waals surface area contributed by atoms with E-state index in [0.29, 0.717) is 5.88 Å². The number of nitrogens with one attached hydrogen (secondary N) is 1. The molecule has 18 heavy (non-hydrogen) atoms. The van der Waals surface area contributed by atoms with Crippen LogP contribution in [-0.4, -0.2) is 21.4 Å². The number of aromatic nitrogens is 2. The molecule has 0 saturated heterocycles. The van der Waals surface area contributed by atoms with Gasteiger partial charge in [0, 0.05) is 10.8 Å². The van der Waals surface area contributed by atoms with Gasteiger partial charge in [0.15, 0.2) is 0 Å². The number of hydrogen-bond acceptors (Lipinski definition) is 4. The molecule has 2 heterocycles. The number of halogens is 1. The lowest BCUT2D eigenvalue weighted by Gasteiger charge is -2.28. The summed E-state index contributed by atoms with van der Waals surface area (Å²) in [6, 6.07) is 2.15. The van der Waals surface area contributed by atoms with Crippen molar-refractivity contribution in [3.8, 4) is 0 Å². The van der Waals surface area contributed by atoms with E-state index in [1.807, 2.05) is 0 Å². The lowest BCUT2D eigenvalue weighted by atomic mass is 10.0. The summed E-state index contributed by atoms with van der Waals surface area (Å²) in [5.41, 5.74) is 0.0265. The van der Waals surface area contributed by atoms with Gasteiger partial charge in [-0.25, -0.2) is 9.97 Å². The topological polar surface area (TPSA) is 37.8 Å². The molecule has 0 bridgehead atoms. The molecule has 1 aliphatic rings. The van der Waals surface area contributed by atoms with Crippen LogP contribution in [0, 0.1) is 6.92 Å². The van der Waals surface area contributed by atoms with Gasteiger partial charge in [0.25, 0.3) is 0 Å². The second-order valence-electron chi connectivity index (χ2n) is 5.04. The van der Waals surface area contributed by atoms with Crippen molar-refractivity contribution in [2.45, 2.75) is 38.1 Å². The summed E-state index contributed by atoms with van der Waals surface area (Å²) < 4.78 is 0. The van der Waals surface area contributed by atoms with E-state index in [1.54, 1.807) is 17.7 Å². The molecule has 0 unspecified atom stereocenters. The van der Waals surface area contributed by atoms with Gasteiger partial charge in [-0.15, -0.1) is 22.9 Å². The van der Waals surface area contributed by atoms with Gasteiger partial charge in [-0.1, -0.05) is 12.8 Å². The maximum atomic E-state index is 6.17. The highest BCUT2D eigenvalue weighted by Crippen LogP contribution is 2.36. The fourth-order valence-electron chi connectivity index (χ4n) is 2.67. The minimum absolute atomic E-state index is 0.0265. The number of rotatable bonds is 3. The Bertz CT molecular complexity index is 560. The highest BCUT2D eigenvalue weighted by molar-refractivity contribution is 7.18. The van der Waals surface area contributed by atoms with Crippen LogP contribution in [0.25, 0.3) is 10.2 Å². The zero-order chi connectivity index (χ0) is 12.6. The van der Waals surface area contributed by atoms with Gasteiger partial charge in [0.2, 0.25) is 0 Å². The predicted octanol–water partition coefficient (Wildman–Crippen LogP) is 3.96. The van der Waals surface area contributed by atoms with E-state index in [0.717, 1.165) is 28.9 Å². The Kier molecular flexibility index (Phi) is 3.16. The summed E-state index contributed by atoms with van der Waals surface area (Å²) in [6.45, 7) is 2.10. The van der Waals surface area contributed by atoms with Crippen molar-refractivity contribution in [3.05, 3.63) is 17.3 Å². The number of alkyl halides is 1. The Hall–Kier alpha value is -0.870. The molecule has 1 fully saturated rings. The minimum Gasteiger partial charge on any atom is -0.363 e. The monoisotopic (exact) mass is 281 g/mol. The van der Waals surface area contributed by atoms with E-state index < -0.39 is 0 Å². The van der Waals surface area contributed by atoms with Gasteiger partial charge in [-0.05, 0) is 25.8 Å². The average molecular weight is 282 g/mol. The third kappa shape index (κ3) is 2.08. The quantitative estimate of drug-likeness (QED) is 0.865. The number of fused-ring (bicyclic) bond motifs is 1. The Morgan fingerprint density at radius 3 is 2.89 bits per heavy atom. The van der Waals surface area contributed by atoms with Gasteiger partial charge >= 0.3 is 0 Å². The van der Waals surface area contributed by atoms with Crippen LogP contribution in [0.4, 0.5) is 5.82 Å². The maximum absolute atomic E-state index is 6.17. The summed E-state index contributed by atoms with van der Waals surface area (Å²) >= 11 is 7.87. The van der Waals surface area contributed by atoms with Crippen molar-refractivity contribution in [1.82, 2.24) is 9.97 Å². The average Bonchev–Trinajstić information content (AvgIpc) is 2.96. The summed E-state index contributed by atoms with van der Waals surface area (Å²) in [5.74, 6) is 1.58. The van der Waals surface area contributed by atoms with Crippen LogP contribution in [0.5, 0.6) is 0 Å². The fraction of sp³-hybridized carbons (Fsp3) is 0.538. The first-order valence-corrected chi connectivity index (χ1v) is 7.63. The first-order chi connectivity index (χ1) is 8.72. The standard InChI is InChI=1S/C13H16ClN3S/c1-9-6-10-11(15-8-16-12(10)18-9)17-13(7-14)4-2-3-5-13/h6,8H,2-5,7H2,1H3,(H,15,16,17). The lowest BCUT2D eigenvalue weighted by molar-refractivity contribution is 0.538.